The van der Waals surface area contributed by atoms with Gasteiger partial charge in [0.05, 0.1) is 15.9 Å². The summed E-state index contributed by atoms with van der Waals surface area (Å²) in [4.78, 5) is 8.87. The van der Waals surface area contributed by atoms with E-state index < -0.39 is 0 Å². The van der Waals surface area contributed by atoms with E-state index in [0.717, 1.165) is 27.5 Å². The van der Waals surface area contributed by atoms with Crippen molar-refractivity contribution in [3.8, 4) is 0 Å². The van der Waals surface area contributed by atoms with E-state index >= 15 is 0 Å². The molecule has 1 aromatic rings. The van der Waals surface area contributed by atoms with Crippen LogP contribution in [0.3, 0.4) is 0 Å². The second-order valence-electron chi connectivity index (χ2n) is 4.57. The van der Waals surface area contributed by atoms with Gasteiger partial charge in [-0.1, -0.05) is 27.7 Å². The van der Waals surface area contributed by atoms with Crippen LogP contribution in [0.15, 0.2) is 4.47 Å². The number of anilines is 1. The van der Waals surface area contributed by atoms with Gasteiger partial charge in [0, 0.05) is 5.41 Å². The number of rotatable bonds is 3. The van der Waals surface area contributed by atoms with E-state index in [1.165, 1.54) is 0 Å². The lowest BCUT2D eigenvalue weighted by atomic mass is 9.92. The van der Waals surface area contributed by atoms with E-state index in [1.807, 2.05) is 0 Å². The van der Waals surface area contributed by atoms with Crippen LogP contribution >= 0.6 is 27.7 Å². The van der Waals surface area contributed by atoms with Crippen molar-refractivity contribution in [2.45, 2.75) is 38.9 Å². The number of hydrogen-bond donors (Lipinski definition) is 1. The lowest BCUT2D eigenvalue weighted by Gasteiger charge is -2.20. The van der Waals surface area contributed by atoms with Crippen LogP contribution in [0, 0.1) is 0 Å². The minimum Gasteiger partial charge on any atom is -0.383 e. The van der Waals surface area contributed by atoms with Gasteiger partial charge in [-0.25, -0.2) is 9.97 Å². The topological polar surface area (TPSA) is 51.8 Å². The molecule has 1 heterocycles. The highest BCUT2D eigenvalue weighted by Crippen LogP contribution is 2.31. The maximum Gasteiger partial charge on any atom is 0.141 e. The van der Waals surface area contributed by atoms with Crippen molar-refractivity contribution in [3.63, 3.8) is 0 Å². The highest BCUT2D eigenvalue weighted by molar-refractivity contribution is 9.10. The molecule has 0 unspecified atom stereocenters. The Kier molecular flexibility index (Phi) is 4.62. The zero-order chi connectivity index (χ0) is 12.3. The Morgan fingerprint density at radius 3 is 2.44 bits per heavy atom. The van der Waals surface area contributed by atoms with E-state index in [-0.39, 0.29) is 5.41 Å². The van der Waals surface area contributed by atoms with Gasteiger partial charge in [0.1, 0.15) is 11.6 Å². The molecule has 0 spiro atoms. The molecule has 0 atom stereocenters. The fourth-order valence-electron chi connectivity index (χ4n) is 1.27. The van der Waals surface area contributed by atoms with E-state index in [1.54, 1.807) is 11.8 Å². The molecule has 0 aliphatic rings. The Balaban J connectivity index is 3.12. The van der Waals surface area contributed by atoms with Crippen molar-refractivity contribution in [1.82, 2.24) is 9.97 Å². The largest absolute Gasteiger partial charge is 0.383 e. The highest BCUT2D eigenvalue weighted by Gasteiger charge is 2.22. The van der Waals surface area contributed by atoms with E-state index in [0.29, 0.717) is 5.82 Å². The third-order valence-electron chi connectivity index (χ3n) is 2.07. The molecule has 3 nitrogen and oxygen atoms in total. The van der Waals surface area contributed by atoms with Crippen LogP contribution in [-0.2, 0) is 11.2 Å². The summed E-state index contributed by atoms with van der Waals surface area (Å²) in [7, 11) is 0. The number of thioether (sulfide) groups is 1. The van der Waals surface area contributed by atoms with Gasteiger partial charge in [-0.2, -0.15) is 11.8 Å². The quantitative estimate of drug-likeness (QED) is 0.930. The fraction of sp³-hybridized carbons (Fsp3) is 0.636. The number of nitrogens with two attached hydrogens (primary N) is 1. The van der Waals surface area contributed by atoms with Crippen LogP contribution in [0.4, 0.5) is 5.82 Å². The normalized spacial score (nSPS) is 11.8. The molecule has 16 heavy (non-hydrogen) atoms. The molecule has 2 N–H and O–H groups in total. The molecule has 0 amide bonds. The summed E-state index contributed by atoms with van der Waals surface area (Å²) in [6, 6.07) is 0. The Morgan fingerprint density at radius 2 is 1.94 bits per heavy atom. The van der Waals surface area contributed by atoms with E-state index in [9.17, 15) is 0 Å². The monoisotopic (exact) mass is 303 g/mol. The first-order valence-electron chi connectivity index (χ1n) is 5.26. The smallest absolute Gasteiger partial charge is 0.141 e. The van der Waals surface area contributed by atoms with Gasteiger partial charge in [-0.05, 0) is 21.7 Å². The van der Waals surface area contributed by atoms with Gasteiger partial charge in [-0.3, -0.25) is 0 Å². The minimum atomic E-state index is -0.0263. The van der Waals surface area contributed by atoms with Crippen molar-refractivity contribution in [1.29, 1.82) is 0 Å². The summed E-state index contributed by atoms with van der Waals surface area (Å²) in [6.45, 7) is 8.49. The van der Waals surface area contributed by atoms with Gasteiger partial charge in [0.15, 0.2) is 0 Å². The number of nitrogen functional groups attached to an aromatic ring is 1. The van der Waals surface area contributed by atoms with Crippen molar-refractivity contribution >= 4 is 33.5 Å². The first kappa shape index (κ1) is 13.8. The van der Waals surface area contributed by atoms with Gasteiger partial charge in [0.2, 0.25) is 0 Å². The molecule has 1 rings (SSSR count). The molecule has 0 bridgehead atoms. The summed E-state index contributed by atoms with van der Waals surface area (Å²) in [5.41, 5.74) is 6.83. The molecule has 0 aliphatic heterocycles. The van der Waals surface area contributed by atoms with E-state index in [2.05, 4.69) is 53.6 Å². The first-order chi connectivity index (χ1) is 7.36. The zero-order valence-electron chi connectivity index (χ0n) is 10.2. The average Bonchev–Trinajstić information content (AvgIpc) is 2.17. The summed E-state index contributed by atoms with van der Waals surface area (Å²) < 4.78 is 0.824. The second-order valence-corrected chi connectivity index (χ2v) is 6.64. The Labute approximate surface area is 110 Å². The molecule has 1 aromatic heterocycles. The molecule has 0 radical (unpaired) electrons. The Bertz CT molecular complexity index is 374. The molecule has 0 saturated heterocycles. The van der Waals surface area contributed by atoms with Gasteiger partial charge in [-0.15, -0.1) is 0 Å². The van der Waals surface area contributed by atoms with Crippen molar-refractivity contribution in [2.24, 2.45) is 0 Å². The van der Waals surface area contributed by atoms with Crippen LogP contribution in [0.2, 0.25) is 0 Å². The number of halogens is 1. The Morgan fingerprint density at radius 1 is 1.31 bits per heavy atom. The minimum absolute atomic E-state index is 0.0263. The molecule has 5 heteroatoms. The van der Waals surface area contributed by atoms with Crippen molar-refractivity contribution in [3.05, 3.63) is 16.0 Å². The number of aromatic nitrogens is 2. The van der Waals surface area contributed by atoms with Crippen LogP contribution < -0.4 is 5.73 Å². The van der Waals surface area contributed by atoms with Crippen LogP contribution in [-0.4, -0.2) is 15.7 Å². The molecular weight excluding hydrogens is 286 g/mol. The first-order valence-corrected chi connectivity index (χ1v) is 7.21. The molecule has 0 aliphatic carbocycles. The molecule has 0 aromatic carbocycles. The van der Waals surface area contributed by atoms with Gasteiger partial charge < -0.3 is 5.73 Å². The summed E-state index contributed by atoms with van der Waals surface area (Å²) in [5.74, 6) is 3.23. The van der Waals surface area contributed by atoms with Crippen LogP contribution in [0.1, 0.15) is 39.2 Å². The Hall–Kier alpha value is -0.290. The van der Waals surface area contributed by atoms with Crippen molar-refractivity contribution < 1.29 is 0 Å². The summed E-state index contributed by atoms with van der Waals surface area (Å²) in [6.07, 6.45) is 0. The molecule has 0 saturated carbocycles. The number of hydrogen-bond acceptors (Lipinski definition) is 4. The van der Waals surface area contributed by atoms with Gasteiger partial charge in [0.25, 0.3) is 0 Å². The fourth-order valence-corrected chi connectivity index (χ4v) is 2.56. The number of nitrogens with zero attached hydrogens (tertiary/aromatic N) is 2. The predicted octanol–water partition coefficient (Wildman–Crippen LogP) is 3.37. The third kappa shape index (κ3) is 3.35. The standard InChI is InChI=1S/C11H18BrN3S/c1-5-16-6-7-14-9(11(2,3)4)8(12)10(13)15-7/h5-6H2,1-4H3,(H2,13,14,15). The van der Waals surface area contributed by atoms with Crippen molar-refractivity contribution in [2.75, 3.05) is 11.5 Å². The zero-order valence-corrected chi connectivity index (χ0v) is 12.6. The van der Waals surface area contributed by atoms with Crippen LogP contribution in [0.5, 0.6) is 0 Å². The lowest BCUT2D eigenvalue weighted by molar-refractivity contribution is 0.561. The summed E-state index contributed by atoms with van der Waals surface area (Å²) in [5, 5.41) is 0. The molecular formula is C11H18BrN3S. The molecule has 90 valence electrons. The maximum atomic E-state index is 5.88. The second kappa shape index (κ2) is 5.36. The van der Waals surface area contributed by atoms with Crippen LogP contribution in [0.25, 0.3) is 0 Å². The molecule has 0 fully saturated rings. The van der Waals surface area contributed by atoms with E-state index in [4.69, 9.17) is 5.73 Å². The van der Waals surface area contributed by atoms with Gasteiger partial charge >= 0.3 is 0 Å². The SMILES string of the molecule is CCSCc1nc(N)c(Br)c(C(C)(C)C)n1. The predicted molar refractivity (Wildman–Crippen MR) is 74.7 cm³/mol. The maximum absolute atomic E-state index is 5.88. The highest BCUT2D eigenvalue weighted by atomic mass is 79.9. The average molecular weight is 304 g/mol. The summed E-state index contributed by atoms with van der Waals surface area (Å²) >= 11 is 5.26. The lowest BCUT2D eigenvalue weighted by Crippen LogP contribution is -2.17. The third-order valence-corrected chi connectivity index (χ3v) is 3.72.